The standard InChI is InChI=1S/C16H21N5O3S2.2ClH/c1-20-5-7-21(8-6-20)26(23,24)13-4-2-3-12(9-13)18-16(22)14-11-25-15(10-17)19-14;;/h2-4,9,11H,5-8,10,17H2,1H3,(H,18,22);2*1H. The SMILES string of the molecule is CN1CCN(S(=O)(=O)c2cccc(NC(=O)c3csc(CN)n3)c2)CC1.Cl.Cl. The van der Waals surface area contributed by atoms with Gasteiger partial charge in [0.2, 0.25) is 10.0 Å². The van der Waals surface area contributed by atoms with Gasteiger partial charge in [-0.15, -0.1) is 36.2 Å². The van der Waals surface area contributed by atoms with Crippen molar-refractivity contribution in [2.24, 2.45) is 5.73 Å². The van der Waals surface area contributed by atoms with Crippen LogP contribution in [0.5, 0.6) is 0 Å². The Kier molecular flexibility index (Phi) is 9.28. The summed E-state index contributed by atoms with van der Waals surface area (Å²) in [4.78, 5) is 18.7. The van der Waals surface area contributed by atoms with Gasteiger partial charge in [-0.3, -0.25) is 4.79 Å². The predicted octanol–water partition coefficient (Wildman–Crippen LogP) is 1.63. The molecule has 1 fully saturated rings. The number of benzene rings is 1. The van der Waals surface area contributed by atoms with E-state index in [1.54, 1.807) is 23.6 Å². The minimum atomic E-state index is -3.58. The van der Waals surface area contributed by atoms with E-state index < -0.39 is 15.9 Å². The average Bonchev–Trinajstić information content (AvgIpc) is 3.12. The molecule has 0 bridgehead atoms. The van der Waals surface area contributed by atoms with Crippen molar-refractivity contribution in [1.29, 1.82) is 0 Å². The Bertz CT molecular complexity index is 899. The van der Waals surface area contributed by atoms with E-state index in [2.05, 4.69) is 15.2 Å². The summed E-state index contributed by atoms with van der Waals surface area (Å²) in [6.07, 6.45) is 0. The topological polar surface area (TPSA) is 109 Å². The molecule has 2 heterocycles. The largest absolute Gasteiger partial charge is 0.325 e. The Labute approximate surface area is 181 Å². The van der Waals surface area contributed by atoms with Gasteiger partial charge in [0, 0.05) is 43.8 Å². The lowest BCUT2D eigenvalue weighted by molar-refractivity contribution is 0.102. The highest BCUT2D eigenvalue weighted by Crippen LogP contribution is 2.21. The van der Waals surface area contributed by atoms with Gasteiger partial charge in [-0.25, -0.2) is 13.4 Å². The monoisotopic (exact) mass is 467 g/mol. The number of sulfonamides is 1. The van der Waals surface area contributed by atoms with Gasteiger partial charge in [0.25, 0.3) is 5.91 Å². The number of hydrogen-bond acceptors (Lipinski definition) is 7. The second-order valence-electron chi connectivity index (χ2n) is 6.02. The first-order valence-corrected chi connectivity index (χ1v) is 10.5. The third kappa shape index (κ3) is 5.63. The number of aromatic nitrogens is 1. The van der Waals surface area contributed by atoms with E-state index in [-0.39, 0.29) is 41.9 Å². The quantitative estimate of drug-likeness (QED) is 0.691. The van der Waals surface area contributed by atoms with Gasteiger partial charge >= 0.3 is 0 Å². The second kappa shape index (κ2) is 10.5. The number of nitrogens with one attached hydrogen (secondary N) is 1. The molecule has 0 saturated carbocycles. The number of anilines is 1. The number of nitrogens with two attached hydrogens (primary N) is 1. The molecule has 2 aromatic rings. The molecule has 3 N–H and O–H groups in total. The zero-order valence-corrected chi connectivity index (χ0v) is 18.5. The lowest BCUT2D eigenvalue weighted by Gasteiger charge is -2.31. The van der Waals surface area contributed by atoms with Gasteiger partial charge in [-0.05, 0) is 25.2 Å². The Hall–Kier alpha value is -1.27. The lowest BCUT2D eigenvalue weighted by Crippen LogP contribution is -2.47. The number of carbonyl (C=O) groups is 1. The molecule has 1 saturated heterocycles. The normalized spacial score (nSPS) is 15.4. The van der Waals surface area contributed by atoms with Crippen molar-refractivity contribution in [1.82, 2.24) is 14.2 Å². The van der Waals surface area contributed by atoms with Gasteiger partial charge in [-0.2, -0.15) is 4.31 Å². The third-order valence-corrected chi connectivity index (χ3v) is 6.92. The van der Waals surface area contributed by atoms with Crippen molar-refractivity contribution in [3.63, 3.8) is 0 Å². The van der Waals surface area contributed by atoms with Crippen LogP contribution >= 0.6 is 36.2 Å². The molecule has 1 aliphatic rings. The third-order valence-electron chi connectivity index (χ3n) is 4.15. The highest BCUT2D eigenvalue weighted by atomic mass is 35.5. The van der Waals surface area contributed by atoms with E-state index in [1.807, 2.05) is 7.05 Å². The average molecular weight is 468 g/mol. The molecule has 8 nitrogen and oxygen atoms in total. The number of rotatable bonds is 5. The van der Waals surface area contributed by atoms with Crippen molar-refractivity contribution >= 4 is 57.8 Å². The molecule has 1 aromatic carbocycles. The molecule has 1 amide bonds. The number of likely N-dealkylation sites (N-methyl/N-ethyl adjacent to an activating group) is 1. The van der Waals surface area contributed by atoms with E-state index in [0.717, 1.165) is 0 Å². The van der Waals surface area contributed by atoms with Gasteiger partial charge < -0.3 is 16.0 Å². The zero-order valence-electron chi connectivity index (χ0n) is 15.2. The first-order chi connectivity index (χ1) is 12.4. The highest BCUT2D eigenvalue weighted by Gasteiger charge is 2.27. The van der Waals surface area contributed by atoms with Crippen LogP contribution in [0.1, 0.15) is 15.5 Å². The predicted molar refractivity (Wildman–Crippen MR) is 115 cm³/mol. The number of amides is 1. The zero-order chi connectivity index (χ0) is 18.7. The van der Waals surface area contributed by atoms with E-state index in [0.29, 0.717) is 36.9 Å². The highest BCUT2D eigenvalue weighted by molar-refractivity contribution is 7.89. The fourth-order valence-electron chi connectivity index (χ4n) is 2.62. The lowest BCUT2D eigenvalue weighted by atomic mass is 10.3. The minimum absolute atomic E-state index is 0. The van der Waals surface area contributed by atoms with Gasteiger partial charge in [0.1, 0.15) is 10.7 Å². The maximum atomic E-state index is 12.8. The van der Waals surface area contributed by atoms with Crippen LogP contribution in [-0.4, -0.2) is 61.7 Å². The van der Waals surface area contributed by atoms with Crippen molar-refractivity contribution in [2.75, 3.05) is 38.5 Å². The molecule has 0 radical (unpaired) electrons. The van der Waals surface area contributed by atoms with E-state index >= 15 is 0 Å². The summed E-state index contributed by atoms with van der Waals surface area (Å²) in [5.74, 6) is -0.393. The van der Waals surface area contributed by atoms with Gasteiger partial charge in [0.15, 0.2) is 0 Å². The number of halogens is 2. The van der Waals surface area contributed by atoms with Crippen molar-refractivity contribution in [2.45, 2.75) is 11.4 Å². The summed E-state index contributed by atoms with van der Waals surface area (Å²) < 4.78 is 27.1. The fourth-order valence-corrected chi connectivity index (χ4v) is 4.74. The number of piperazine rings is 1. The molecule has 3 rings (SSSR count). The van der Waals surface area contributed by atoms with Crippen molar-refractivity contribution in [3.8, 4) is 0 Å². The van der Waals surface area contributed by atoms with Crippen molar-refractivity contribution < 1.29 is 13.2 Å². The fraction of sp³-hybridized carbons (Fsp3) is 0.375. The Balaban J connectivity index is 0.00000196. The molecule has 0 atom stereocenters. The molecule has 156 valence electrons. The first kappa shape index (κ1) is 24.8. The molecule has 12 heteroatoms. The number of hydrogen-bond donors (Lipinski definition) is 2. The van der Waals surface area contributed by atoms with Crippen LogP contribution in [0.2, 0.25) is 0 Å². The molecule has 28 heavy (non-hydrogen) atoms. The summed E-state index contributed by atoms with van der Waals surface area (Å²) in [5.41, 5.74) is 6.18. The molecule has 1 aliphatic heterocycles. The number of thiazole rings is 1. The maximum absolute atomic E-state index is 12.8. The van der Waals surface area contributed by atoms with Crippen LogP contribution < -0.4 is 11.1 Å². The van der Waals surface area contributed by atoms with Crippen LogP contribution in [-0.2, 0) is 16.6 Å². The second-order valence-corrected chi connectivity index (χ2v) is 8.90. The molecule has 0 spiro atoms. The Morgan fingerprint density at radius 2 is 1.93 bits per heavy atom. The molecular formula is C16H23Cl2N5O3S2. The maximum Gasteiger partial charge on any atom is 0.275 e. The summed E-state index contributed by atoms with van der Waals surface area (Å²) in [7, 11) is -1.62. The van der Waals surface area contributed by atoms with E-state index in [1.165, 1.54) is 21.7 Å². The van der Waals surface area contributed by atoms with Gasteiger partial charge in [-0.1, -0.05) is 6.07 Å². The minimum Gasteiger partial charge on any atom is -0.325 e. The van der Waals surface area contributed by atoms with Crippen LogP contribution in [0.15, 0.2) is 34.5 Å². The van der Waals surface area contributed by atoms with Gasteiger partial charge in [0.05, 0.1) is 4.90 Å². The molecular weight excluding hydrogens is 445 g/mol. The summed E-state index contributed by atoms with van der Waals surface area (Å²) >= 11 is 1.31. The van der Waals surface area contributed by atoms with Crippen LogP contribution in [0.3, 0.4) is 0 Å². The molecule has 1 aromatic heterocycles. The van der Waals surface area contributed by atoms with E-state index in [9.17, 15) is 13.2 Å². The summed E-state index contributed by atoms with van der Waals surface area (Å²) in [5, 5.41) is 4.99. The number of carbonyl (C=O) groups excluding carboxylic acids is 1. The van der Waals surface area contributed by atoms with Crippen LogP contribution in [0, 0.1) is 0 Å². The smallest absolute Gasteiger partial charge is 0.275 e. The molecule has 0 aliphatic carbocycles. The number of nitrogens with zero attached hydrogens (tertiary/aromatic N) is 3. The van der Waals surface area contributed by atoms with E-state index in [4.69, 9.17) is 5.73 Å². The summed E-state index contributed by atoms with van der Waals surface area (Å²) in [6.45, 7) is 2.58. The summed E-state index contributed by atoms with van der Waals surface area (Å²) in [6, 6.07) is 6.28. The Morgan fingerprint density at radius 3 is 2.54 bits per heavy atom. The van der Waals surface area contributed by atoms with Crippen LogP contribution in [0.4, 0.5) is 5.69 Å². The first-order valence-electron chi connectivity index (χ1n) is 8.15. The Morgan fingerprint density at radius 1 is 1.25 bits per heavy atom. The van der Waals surface area contributed by atoms with Crippen LogP contribution in [0.25, 0.3) is 0 Å². The molecule has 0 unspecified atom stereocenters. The van der Waals surface area contributed by atoms with Crippen molar-refractivity contribution in [3.05, 3.63) is 40.3 Å².